The highest BCUT2D eigenvalue weighted by Gasteiger charge is 2.56. The van der Waals surface area contributed by atoms with Crippen molar-refractivity contribution in [3.05, 3.63) is 71.3 Å². The van der Waals surface area contributed by atoms with E-state index in [0.29, 0.717) is 17.5 Å². The van der Waals surface area contributed by atoms with E-state index in [1.165, 1.54) is 0 Å². The summed E-state index contributed by atoms with van der Waals surface area (Å²) in [5.74, 6) is -0.956. The Labute approximate surface area is 161 Å². The first-order valence-electron chi connectivity index (χ1n) is 8.94. The molecule has 3 rings (SSSR count). The van der Waals surface area contributed by atoms with Crippen LogP contribution in [0.5, 0.6) is 0 Å². The van der Waals surface area contributed by atoms with Gasteiger partial charge >= 0.3 is 0 Å². The van der Waals surface area contributed by atoms with E-state index in [1.54, 1.807) is 24.3 Å². The lowest BCUT2D eigenvalue weighted by atomic mass is 9.79. The fraction of sp³-hybridized carbons (Fsp3) is 0.318. The maximum Gasteiger partial charge on any atom is 0.188 e. The van der Waals surface area contributed by atoms with Gasteiger partial charge in [0.15, 0.2) is 15.9 Å². The summed E-state index contributed by atoms with van der Waals surface area (Å²) in [6.45, 7) is 2.04. The zero-order valence-corrected chi connectivity index (χ0v) is 16.3. The van der Waals surface area contributed by atoms with Crippen LogP contribution in [0.25, 0.3) is 0 Å². The van der Waals surface area contributed by atoms with Crippen molar-refractivity contribution in [2.45, 2.75) is 42.8 Å². The smallest absolute Gasteiger partial charge is 0.188 e. The lowest BCUT2D eigenvalue weighted by molar-refractivity contribution is -0.119. The number of unbranched alkanes of at least 4 members (excludes halogenated alkanes) is 1. The minimum atomic E-state index is -1.42. The van der Waals surface area contributed by atoms with E-state index in [0.717, 1.165) is 18.4 Å². The Hall–Kier alpha value is -2.07. The maximum absolute atomic E-state index is 13.2. The molecule has 0 fully saturated rings. The molecule has 2 aromatic carbocycles. The standard InChI is InChI=1S/C22H21BrO3/c1-2-3-11-16(24)14-19(15-9-5-4-6-10-15)22(23)20(25)17-12-7-8-13-18(17)21(22)26/h4-10,12-13,19H,2-3,11,14H2,1H3/t19-/m0/s1. The molecule has 0 bridgehead atoms. The van der Waals surface area contributed by atoms with Crippen molar-refractivity contribution in [1.29, 1.82) is 0 Å². The molecule has 4 heteroatoms. The summed E-state index contributed by atoms with van der Waals surface area (Å²) in [4.78, 5) is 38.8. The fourth-order valence-electron chi connectivity index (χ4n) is 3.57. The second kappa shape index (κ2) is 7.67. The molecule has 26 heavy (non-hydrogen) atoms. The second-order valence-electron chi connectivity index (χ2n) is 6.73. The van der Waals surface area contributed by atoms with Gasteiger partial charge in [0.25, 0.3) is 0 Å². The van der Waals surface area contributed by atoms with E-state index in [1.807, 2.05) is 37.3 Å². The Bertz CT molecular complexity index is 806. The van der Waals surface area contributed by atoms with Crippen LogP contribution in [0, 0.1) is 0 Å². The van der Waals surface area contributed by atoms with Gasteiger partial charge in [-0.05, 0) is 12.0 Å². The normalized spacial score (nSPS) is 16.4. The Morgan fingerprint density at radius 3 is 2.04 bits per heavy atom. The van der Waals surface area contributed by atoms with Crippen LogP contribution in [0.15, 0.2) is 54.6 Å². The van der Waals surface area contributed by atoms with Gasteiger partial charge < -0.3 is 0 Å². The summed E-state index contributed by atoms with van der Waals surface area (Å²) in [5.41, 5.74) is 1.68. The quantitative estimate of drug-likeness (QED) is 0.467. The van der Waals surface area contributed by atoms with Gasteiger partial charge in [-0.2, -0.15) is 0 Å². The van der Waals surface area contributed by atoms with Gasteiger partial charge in [0.2, 0.25) is 0 Å². The van der Waals surface area contributed by atoms with Crippen LogP contribution in [0.3, 0.4) is 0 Å². The summed E-state index contributed by atoms with van der Waals surface area (Å²) in [5, 5.41) is 0. The Morgan fingerprint density at radius 1 is 0.962 bits per heavy atom. The minimum absolute atomic E-state index is 0.0797. The largest absolute Gasteiger partial charge is 0.300 e. The van der Waals surface area contributed by atoms with Crippen molar-refractivity contribution >= 4 is 33.3 Å². The zero-order valence-electron chi connectivity index (χ0n) is 14.7. The van der Waals surface area contributed by atoms with Gasteiger partial charge in [0.05, 0.1) is 0 Å². The van der Waals surface area contributed by atoms with Crippen LogP contribution in [0.4, 0.5) is 0 Å². The number of hydrogen-bond acceptors (Lipinski definition) is 3. The maximum atomic E-state index is 13.2. The van der Waals surface area contributed by atoms with Crippen molar-refractivity contribution in [3.8, 4) is 0 Å². The number of carbonyl (C=O) groups excluding carboxylic acids is 3. The molecule has 0 amide bonds. The number of fused-ring (bicyclic) bond motifs is 1. The Morgan fingerprint density at radius 2 is 1.50 bits per heavy atom. The summed E-state index contributed by atoms with van der Waals surface area (Å²) in [6.07, 6.45) is 2.39. The Kier molecular flexibility index (Phi) is 5.52. The topological polar surface area (TPSA) is 51.2 Å². The summed E-state index contributed by atoms with van der Waals surface area (Å²) < 4.78 is -1.42. The number of hydrogen-bond donors (Lipinski definition) is 0. The van der Waals surface area contributed by atoms with Gasteiger partial charge in [-0.3, -0.25) is 14.4 Å². The lowest BCUT2D eigenvalue weighted by Gasteiger charge is -2.29. The third-order valence-electron chi connectivity index (χ3n) is 5.00. The highest BCUT2D eigenvalue weighted by atomic mass is 79.9. The van der Waals surface area contributed by atoms with E-state index in [4.69, 9.17) is 0 Å². The van der Waals surface area contributed by atoms with Gasteiger partial charge in [-0.1, -0.05) is 83.9 Å². The molecule has 0 unspecified atom stereocenters. The molecule has 3 nitrogen and oxygen atoms in total. The molecule has 0 aliphatic heterocycles. The van der Waals surface area contributed by atoms with Crippen LogP contribution in [0.2, 0.25) is 0 Å². The molecule has 1 atom stereocenters. The molecule has 0 saturated carbocycles. The highest BCUT2D eigenvalue weighted by molar-refractivity contribution is 9.10. The lowest BCUT2D eigenvalue weighted by Crippen LogP contribution is -2.42. The van der Waals surface area contributed by atoms with Crippen molar-refractivity contribution in [1.82, 2.24) is 0 Å². The first-order chi connectivity index (χ1) is 12.5. The van der Waals surface area contributed by atoms with E-state index in [-0.39, 0.29) is 23.8 Å². The molecule has 0 heterocycles. The van der Waals surface area contributed by atoms with Crippen LogP contribution >= 0.6 is 15.9 Å². The van der Waals surface area contributed by atoms with Crippen LogP contribution in [-0.4, -0.2) is 21.7 Å². The number of carbonyl (C=O) groups is 3. The molecule has 0 spiro atoms. The SMILES string of the molecule is CCCCC(=O)C[C@@H](c1ccccc1)C1(Br)C(=O)c2ccccc2C1=O. The number of Topliss-reactive ketones (excluding diaryl/α,β-unsaturated/α-hetero) is 3. The zero-order chi connectivity index (χ0) is 18.7. The number of halogens is 1. The predicted octanol–water partition coefficient (Wildman–Crippen LogP) is 5.13. The molecule has 1 aliphatic carbocycles. The van der Waals surface area contributed by atoms with Crippen molar-refractivity contribution in [2.75, 3.05) is 0 Å². The number of alkyl halides is 1. The molecule has 134 valence electrons. The van der Waals surface area contributed by atoms with E-state index in [9.17, 15) is 14.4 Å². The van der Waals surface area contributed by atoms with Crippen LogP contribution in [-0.2, 0) is 4.79 Å². The monoisotopic (exact) mass is 412 g/mol. The van der Waals surface area contributed by atoms with Gasteiger partial charge in [0, 0.05) is 29.9 Å². The van der Waals surface area contributed by atoms with Gasteiger partial charge in [0.1, 0.15) is 5.78 Å². The minimum Gasteiger partial charge on any atom is -0.300 e. The Balaban J connectivity index is 2.03. The summed E-state index contributed by atoms with van der Waals surface area (Å²) in [6, 6.07) is 16.2. The fourth-order valence-corrected chi connectivity index (χ4v) is 4.42. The molecule has 0 radical (unpaired) electrons. The van der Waals surface area contributed by atoms with E-state index in [2.05, 4.69) is 15.9 Å². The second-order valence-corrected chi connectivity index (χ2v) is 7.98. The highest BCUT2D eigenvalue weighted by Crippen LogP contribution is 2.48. The molecular formula is C22H21BrO3. The van der Waals surface area contributed by atoms with Gasteiger partial charge in [-0.15, -0.1) is 0 Å². The van der Waals surface area contributed by atoms with Gasteiger partial charge in [-0.25, -0.2) is 0 Å². The predicted molar refractivity (Wildman–Crippen MR) is 105 cm³/mol. The average Bonchev–Trinajstić information content (AvgIpc) is 2.87. The van der Waals surface area contributed by atoms with Crippen LogP contribution < -0.4 is 0 Å². The number of benzene rings is 2. The summed E-state index contributed by atoms with van der Waals surface area (Å²) in [7, 11) is 0. The first-order valence-corrected chi connectivity index (χ1v) is 9.73. The summed E-state index contributed by atoms with van der Waals surface area (Å²) >= 11 is 3.51. The molecular weight excluding hydrogens is 392 g/mol. The first kappa shape index (κ1) is 18.7. The van der Waals surface area contributed by atoms with Crippen LogP contribution in [0.1, 0.15) is 64.8 Å². The molecule has 0 saturated heterocycles. The van der Waals surface area contributed by atoms with Crippen molar-refractivity contribution in [2.24, 2.45) is 0 Å². The third kappa shape index (κ3) is 3.18. The van der Waals surface area contributed by atoms with E-state index < -0.39 is 10.2 Å². The number of rotatable bonds is 7. The number of ketones is 3. The van der Waals surface area contributed by atoms with Crippen molar-refractivity contribution in [3.63, 3.8) is 0 Å². The average molecular weight is 413 g/mol. The molecule has 1 aliphatic rings. The molecule has 2 aromatic rings. The van der Waals surface area contributed by atoms with Crippen molar-refractivity contribution < 1.29 is 14.4 Å². The molecule has 0 aromatic heterocycles. The third-order valence-corrected chi connectivity index (χ3v) is 6.27. The molecule has 0 N–H and O–H groups in total. The van der Waals surface area contributed by atoms with E-state index >= 15 is 0 Å².